The number of ether oxygens (including phenoxy) is 1. The highest BCUT2D eigenvalue weighted by atomic mass is 127. The van der Waals surface area contributed by atoms with E-state index in [4.69, 9.17) is 4.74 Å². The molecule has 150 valence electrons. The summed E-state index contributed by atoms with van der Waals surface area (Å²) in [5.74, 6) is 0.821. The zero-order valence-electron chi connectivity index (χ0n) is 16.2. The summed E-state index contributed by atoms with van der Waals surface area (Å²) in [5, 5.41) is 6.63. The molecular weight excluding hydrogens is 445 g/mol. The van der Waals surface area contributed by atoms with Gasteiger partial charge in [-0.05, 0) is 32.4 Å². The van der Waals surface area contributed by atoms with Gasteiger partial charge in [0.05, 0.1) is 0 Å². The molecule has 0 spiro atoms. The fourth-order valence-corrected chi connectivity index (χ4v) is 2.44. The maximum absolute atomic E-state index is 11.6. The van der Waals surface area contributed by atoms with Crippen LogP contribution < -0.4 is 16.2 Å². The molecular formula is C18H34IN5O2. The lowest BCUT2D eigenvalue weighted by molar-refractivity contribution is 0.180. The van der Waals surface area contributed by atoms with E-state index in [-0.39, 0.29) is 29.5 Å². The van der Waals surface area contributed by atoms with Crippen LogP contribution in [-0.2, 0) is 11.3 Å². The van der Waals surface area contributed by atoms with Crippen molar-refractivity contribution in [2.24, 2.45) is 4.99 Å². The van der Waals surface area contributed by atoms with E-state index in [1.165, 1.54) is 0 Å². The van der Waals surface area contributed by atoms with E-state index in [1.807, 2.05) is 12.3 Å². The van der Waals surface area contributed by atoms with Crippen LogP contribution in [0.2, 0.25) is 0 Å². The fourth-order valence-electron chi connectivity index (χ4n) is 2.44. The number of nitrogens with one attached hydrogen (secondary N) is 2. The number of likely N-dealkylation sites (N-methyl/N-ethyl adjacent to an activating group) is 1. The number of aromatic nitrogens is 1. The summed E-state index contributed by atoms with van der Waals surface area (Å²) in [6.45, 7) is 5.23. The number of rotatable bonds is 12. The number of unbranched alkanes of at least 4 members (excludes halogenated alkanes) is 1. The van der Waals surface area contributed by atoms with Gasteiger partial charge in [0.2, 0.25) is 5.56 Å². The van der Waals surface area contributed by atoms with Gasteiger partial charge in [-0.3, -0.25) is 9.79 Å². The molecule has 0 saturated carbocycles. The van der Waals surface area contributed by atoms with Crippen LogP contribution in [0.4, 0.5) is 0 Å². The van der Waals surface area contributed by atoms with Crippen LogP contribution in [0.1, 0.15) is 19.3 Å². The van der Waals surface area contributed by atoms with Crippen LogP contribution in [0.25, 0.3) is 0 Å². The van der Waals surface area contributed by atoms with Gasteiger partial charge < -0.3 is 24.8 Å². The highest BCUT2D eigenvalue weighted by Gasteiger charge is 2.00. The molecule has 0 unspecified atom stereocenters. The number of pyridine rings is 1. The zero-order chi connectivity index (χ0) is 18.3. The molecule has 8 heteroatoms. The number of halogens is 1. The number of aliphatic imine (C=N–C) groups is 1. The Morgan fingerprint density at radius 2 is 1.96 bits per heavy atom. The number of hydrogen-bond donors (Lipinski definition) is 2. The summed E-state index contributed by atoms with van der Waals surface area (Å²) in [5.41, 5.74) is 0.0579. The van der Waals surface area contributed by atoms with Crippen molar-refractivity contribution < 1.29 is 4.74 Å². The molecule has 26 heavy (non-hydrogen) atoms. The fraction of sp³-hybridized carbons (Fsp3) is 0.667. The molecule has 0 radical (unpaired) electrons. The van der Waals surface area contributed by atoms with Gasteiger partial charge in [-0.2, -0.15) is 0 Å². The first-order valence-electron chi connectivity index (χ1n) is 8.95. The molecule has 0 aliphatic heterocycles. The minimum Gasteiger partial charge on any atom is -0.385 e. The Morgan fingerprint density at radius 1 is 1.19 bits per heavy atom. The van der Waals surface area contributed by atoms with Crippen molar-refractivity contribution in [3.63, 3.8) is 0 Å². The lowest BCUT2D eigenvalue weighted by atomic mass is 10.3. The molecule has 0 saturated heterocycles. The van der Waals surface area contributed by atoms with E-state index in [0.717, 1.165) is 64.6 Å². The Labute approximate surface area is 174 Å². The second-order valence-electron chi connectivity index (χ2n) is 6.01. The minimum absolute atomic E-state index is 0. The topological polar surface area (TPSA) is 70.9 Å². The van der Waals surface area contributed by atoms with E-state index in [1.54, 1.807) is 30.9 Å². The molecule has 0 aromatic carbocycles. The van der Waals surface area contributed by atoms with E-state index in [9.17, 15) is 4.79 Å². The van der Waals surface area contributed by atoms with Crippen molar-refractivity contribution in [3.8, 4) is 0 Å². The van der Waals surface area contributed by atoms with Crippen molar-refractivity contribution in [3.05, 3.63) is 34.7 Å². The van der Waals surface area contributed by atoms with Crippen molar-refractivity contribution in [1.29, 1.82) is 0 Å². The predicted molar refractivity (Wildman–Crippen MR) is 119 cm³/mol. The predicted octanol–water partition coefficient (Wildman–Crippen LogP) is 1.38. The zero-order valence-corrected chi connectivity index (χ0v) is 18.6. The molecule has 0 atom stereocenters. The number of methoxy groups -OCH3 is 1. The molecule has 1 aromatic rings. The Kier molecular flexibility index (Phi) is 15.4. The normalized spacial score (nSPS) is 11.3. The lowest BCUT2D eigenvalue weighted by Gasteiger charge is -2.18. The molecule has 0 fully saturated rings. The summed E-state index contributed by atoms with van der Waals surface area (Å²) in [7, 11) is 5.62. The van der Waals surface area contributed by atoms with Gasteiger partial charge in [0.25, 0.3) is 0 Å². The molecule has 7 nitrogen and oxygen atoms in total. The summed E-state index contributed by atoms with van der Waals surface area (Å²) >= 11 is 0. The van der Waals surface area contributed by atoms with Crippen molar-refractivity contribution in [2.75, 3.05) is 54.0 Å². The van der Waals surface area contributed by atoms with Crippen LogP contribution in [0.15, 0.2) is 34.2 Å². The second-order valence-corrected chi connectivity index (χ2v) is 6.01. The van der Waals surface area contributed by atoms with Crippen LogP contribution in [0.5, 0.6) is 0 Å². The highest BCUT2D eigenvalue weighted by molar-refractivity contribution is 14.0. The van der Waals surface area contributed by atoms with Crippen molar-refractivity contribution in [2.45, 2.75) is 25.8 Å². The molecule has 0 aliphatic rings. The molecule has 0 aliphatic carbocycles. The molecule has 1 heterocycles. The van der Waals surface area contributed by atoms with E-state index >= 15 is 0 Å². The van der Waals surface area contributed by atoms with Crippen molar-refractivity contribution >= 4 is 29.9 Å². The van der Waals surface area contributed by atoms with Crippen LogP contribution in [-0.4, -0.2) is 69.4 Å². The largest absolute Gasteiger partial charge is 0.385 e. The minimum atomic E-state index is 0. The van der Waals surface area contributed by atoms with Crippen molar-refractivity contribution in [1.82, 2.24) is 20.1 Å². The molecule has 0 bridgehead atoms. The quantitative estimate of drug-likeness (QED) is 0.205. The third kappa shape index (κ3) is 11.5. The first kappa shape index (κ1) is 24.9. The number of nitrogens with zero attached hydrogens (tertiary/aromatic N) is 3. The van der Waals surface area contributed by atoms with Gasteiger partial charge in [0.1, 0.15) is 0 Å². The number of aryl methyl sites for hydroxylation is 1. The Hall–Kier alpha value is -1.13. The van der Waals surface area contributed by atoms with Gasteiger partial charge in [0.15, 0.2) is 5.96 Å². The summed E-state index contributed by atoms with van der Waals surface area (Å²) in [6.07, 6.45) is 4.82. The Morgan fingerprint density at radius 3 is 2.65 bits per heavy atom. The van der Waals surface area contributed by atoms with E-state index in [0.29, 0.717) is 0 Å². The first-order chi connectivity index (χ1) is 12.2. The standard InChI is InChI=1S/C18H33N5O2.HI/c1-19-18(21-11-15-22(2)12-8-16-25-3)20-10-5-7-14-23-13-6-4-9-17(23)24;/h4,6,9,13H,5,7-8,10-12,14-16H2,1-3H3,(H2,19,20,21);1H. The van der Waals surface area contributed by atoms with Crippen LogP contribution >= 0.6 is 24.0 Å². The summed E-state index contributed by atoms with van der Waals surface area (Å²) in [6, 6.07) is 5.25. The third-order valence-corrected chi connectivity index (χ3v) is 3.92. The maximum Gasteiger partial charge on any atom is 0.250 e. The Balaban J connectivity index is 0.00000625. The second kappa shape index (κ2) is 16.1. The average molecular weight is 479 g/mol. The molecule has 2 N–H and O–H groups in total. The van der Waals surface area contributed by atoms with Gasteiger partial charge in [-0.25, -0.2) is 0 Å². The van der Waals surface area contributed by atoms with E-state index in [2.05, 4.69) is 27.6 Å². The molecule has 0 amide bonds. The third-order valence-electron chi connectivity index (χ3n) is 3.92. The van der Waals surface area contributed by atoms with Gasteiger partial charge in [-0.15, -0.1) is 24.0 Å². The first-order valence-corrected chi connectivity index (χ1v) is 8.95. The van der Waals surface area contributed by atoms with Gasteiger partial charge >= 0.3 is 0 Å². The average Bonchev–Trinajstić information content (AvgIpc) is 2.61. The van der Waals surface area contributed by atoms with Gasteiger partial charge in [-0.1, -0.05) is 6.07 Å². The van der Waals surface area contributed by atoms with E-state index < -0.39 is 0 Å². The highest BCUT2D eigenvalue weighted by Crippen LogP contribution is 1.92. The molecule has 1 aromatic heterocycles. The van der Waals surface area contributed by atoms with Gasteiger partial charge in [0, 0.05) is 65.8 Å². The number of guanidine groups is 1. The SMILES string of the molecule is CN=C(NCCCCn1ccccc1=O)NCCN(C)CCCOC.I. The maximum atomic E-state index is 11.6. The Bertz CT molecular complexity index is 550. The van der Waals surface area contributed by atoms with Crippen LogP contribution in [0, 0.1) is 0 Å². The van der Waals surface area contributed by atoms with Crippen LogP contribution in [0.3, 0.4) is 0 Å². The molecule has 1 rings (SSSR count). The monoisotopic (exact) mass is 479 g/mol. The number of hydrogen-bond acceptors (Lipinski definition) is 4. The smallest absolute Gasteiger partial charge is 0.250 e. The summed E-state index contributed by atoms with van der Waals surface area (Å²) in [4.78, 5) is 18.1. The summed E-state index contributed by atoms with van der Waals surface area (Å²) < 4.78 is 6.80. The lowest BCUT2D eigenvalue weighted by Crippen LogP contribution is -2.41.